The molecular formula is C17H15ClN2. The standard InChI is InChI=1S/C17H15ClN2/c1-13(15-9-5-3-6-10-15)19-17(20-14(2)18)16-11-7-4-8-12-16/h3-12H,2H2,1H3/b19-13?,20-17-. The first-order valence-corrected chi connectivity index (χ1v) is 6.64. The first-order valence-electron chi connectivity index (χ1n) is 6.26. The maximum atomic E-state index is 5.80. The lowest BCUT2D eigenvalue weighted by atomic mass is 10.1. The van der Waals surface area contributed by atoms with Crippen LogP contribution in [0.25, 0.3) is 0 Å². The normalized spacial score (nSPS) is 12.3. The van der Waals surface area contributed by atoms with Crippen molar-refractivity contribution in [2.45, 2.75) is 6.92 Å². The zero-order valence-corrected chi connectivity index (χ0v) is 12.0. The van der Waals surface area contributed by atoms with Crippen LogP contribution in [0.4, 0.5) is 0 Å². The van der Waals surface area contributed by atoms with Gasteiger partial charge in [-0.05, 0) is 12.5 Å². The number of aliphatic imine (C=N–C) groups is 2. The Morgan fingerprint density at radius 3 is 1.85 bits per heavy atom. The molecule has 0 aliphatic heterocycles. The molecule has 0 fully saturated rings. The minimum Gasteiger partial charge on any atom is -0.233 e. The van der Waals surface area contributed by atoms with Crippen molar-refractivity contribution in [3.05, 3.63) is 83.5 Å². The highest BCUT2D eigenvalue weighted by Gasteiger charge is 2.04. The van der Waals surface area contributed by atoms with E-state index in [9.17, 15) is 0 Å². The Morgan fingerprint density at radius 2 is 1.35 bits per heavy atom. The summed E-state index contributed by atoms with van der Waals surface area (Å²) in [6.45, 7) is 5.56. The monoisotopic (exact) mass is 282 g/mol. The van der Waals surface area contributed by atoms with Gasteiger partial charge in [-0.25, -0.2) is 9.98 Å². The number of hydrogen-bond acceptors (Lipinski definition) is 1. The molecule has 0 amide bonds. The molecule has 0 radical (unpaired) electrons. The van der Waals surface area contributed by atoms with Gasteiger partial charge in [-0.3, -0.25) is 0 Å². The molecule has 0 aromatic heterocycles. The number of benzene rings is 2. The van der Waals surface area contributed by atoms with Crippen LogP contribution in [-0.4, -0.2) is 11.5 Å². The summed E-state index contributed by atoms with van der Waals surface area (Å²) in [6.07, 6.45) is 0. The summed E-state index contributed by atoms with van der Waals surface area (Å²) < 4.78 is 0. The summed E-state index contributed by atoms with van der Waals surface area (Å²) in [5.41, 5.74) is 2.84. The maximum Gasteiger partial charge on any atom is 0.161 e. The summed E-state index contributed by atoms with van der Waals surface area (Å²) >= 11 is 5.80. The van der Waals surface area contributed by atoms with E-state index in [0.717, 1.165) is 16.8 Å². The molecule has 0 N–H and O–H groups in total. The van der Waals surface area contributed by atoms with Crippen molar-refractivity contribution in [3.63, 3.8) is 0 Å². The lowest BCUT2D eigenvalue weighted by Crippen LogP contribution is -2.03. The highest BCUT2D eigenvalue weighted by molar-refractivity contribution is 6.30. The lowest BCUT2D eigenvalue weighted by molar-refractivity contribution is 1.43. The van der Waals surface area contributed by atoms with E-state index in [1.54, 1.807) is 0 Å². The van der Waals surface area contributed by atoms with Crippen LogP contribution in [0.15, 0.2) is 82.4 Å². The van der Waals surface area contributed by atoms with Gasteiger partial charge in [0.15, 0.2) is 5.84 Å². The van der Waals surface area contributed by atoms with Gasteiger partial charge in [-0.15, -0.1) is 0 Å². The Balaban J connectivity index is 2.42. The summed E-state index contributed by atoms with van der Waals surface area (Å²) in [5, 5.41) is 0.216. The van der Waals surface area contributed by atoms with E-state index < -0.39 is 0 Å². The third kappa shape index (κ3) is 3.90. The van der Waals surface area contributed by atoms with Gasteiger partial charge in [-0.2, -0.15) is 0 Å². The fraction of sp³-hybridized carbons (Fsp3) is 0.0588. The summed E-state index contributed by atoms with van der Waals surface area (Å²) in [4.78, 5) is 8.79. The molecule has 0 unspecified atom stereocenters. The van der Waals surface area contributed by atoms with E-state index in [1.807, 2.05) is 67.6 Å². The second-order valence-corrected chi connectivity index (χ2v) is 4.68. The van der Waals surface area contributed by atoms with Crippen molar-refractivity contribution in [1.29, 1.82) is 0 Å². The van der Waals surface area contributed by atoms with Crippen LogP contribution in [0.3, 0.4) is 0 Å². The number of amidine groups is 1. The van der Waals surface area contributed by atoms with E-state index >= 15 is 0 Å². The zero-order chi connectivity index (χ0) is 14.4. The smallest absolute Gasteiger partial charge is 0.161 e. The highest BCUT2D eigenvalue weighted by atomic mass is 35.5. The Hall–Kier alpha value is -2.19. The minimum absolute atomic E-state index is 0.216. The van der Waals surface area contributed by atoms with Crippen molar-refractivity contribution >= 4 is 23.1 Å². The van der Waals surface area contributed by atoms with E-state index in [0.29, 0.717) is 5.84 Å². The van der Waals surface area contributed by atoms with Crippen molar-refractivity contribution in [2.75, 3.05) is 0 Å². The topological polar surface area (TPSA) is 24.7 Å². The van der Waals surface area contributed by atoms with Gasteiger partial charge >= 0.3 is 0 Å². The molecule has 0 aliphatic rings. The zero-order valence-electron chi connectivity index (χ0n) is 11.3. The number of halogens is 1. The molecule has 0 spiro atoms. The number of rotatable bonds is 3. The Bertz CT molecular complexity index is 643. The molecule has 0 atom stereocenters. The summed E-state index contributed by atoms with van der Waals surface area (Å²) in [7, 11) is 0. The van der Waals surface area contributed by atoms with Gasteiger partial charge in [0.2, 0.25) is 0 Å². The van der Waals surface area contributed by atoms with Crippen molar-refractivity contribution in [3.8, 4) is 0 Å². The third-order valence-corrected chi connectivity index (χ3v) is 2.81. The SMILES string of the molecule is C=C(Cl)/N=C(\N=C(C)c1ccccc1)c1ccccc1. The summed E-state index contributed by atoms with van der Waals surface area (Å²) in [5.74, 6) is 0.562. The predicted molar refractivity (Wildman–Crippen MR) is 86.6 cm³/mol. The first-order chi connectivity index (χ1) is 9.66. The van der Waals surface area contributed by atoms with Crippen molar-refractivity contribution in [1.82, 2.24) is 0 Å². The molecule has 0 saturated carbocycles. The molecule has 2 aromatic rings. The van der Waals surface area contributed by atoms with Gasteiger partial charge < -0.3 is 0 Å². The van der Waals surface area contributed by atoms with Crippen LogP contribution in [0.5, 0.6) is 0 Å². The Labute approximate surface area is 124 Å². The predicted octanol–water partition coefficient (Wildman–Crippen LogP) is 4.65. The molecule has 0 saturated heterocycles. The summed E-state index contributed by atoms with van der Waals surface area (Å²) in [6, 6.07) is 19.7. The molecule has 0 aliphatic carbocycles. The van der Waals surface area contributed by atoms with E-state index in [1.165, 1.54) is 0 Å². The molecule has 2 rings (SSSR count). The lowest BCUT2D eigenvalue weighted by Gasteiger charge is -2.04. The second kappa shape index (κ2) is 6.83. The number of nitrogens with zero attached hydrogens (tertiary/aromatic N) is 2. The van der Waals surface area contributed by atoms with E-state index in [2.05, 4.69) is 16.6 Å². The molecular weight excluding hydrogens is 268 g/mol. The minimum atomic E-state index is 0.216. The molecule has 2 aromatic carbocycles. The average molecular weight is 283 g/mol. The van der Waals surface area contributed by atoms with Crippen LogP contribution < -0.4 is 0 Å². The van der Waals surface area contributed by atoms with Gasteiger partial charge in [0.1, 0.15) is 5.16 Å². The van der Waals surface area contributed by atoms with Crippen LogP contribution in [0, 0.1) is 0 Å². The van der Waals surface area contributed by atoms with Crippen LogP contribution in [0.2, 0.25) is 0 Å². The fourth-order valence-corrected chi connectivity index (χ4v) is 1.84. The molecule has 20 heavy (non-hydrogen) atoms. The van der Waals surface area contributed by atoms with Gasteiger partial charge in [-0.1, -0.05) is 78.8 Å². The van der Waals surface area contributed by atoms with Crippen LogP contribution in [-0.2, 0) is 0 Å². The quantitative estimate of drug-likeness (QED) is 0.445. The maximum absolute atomic E-state index is 5.80. The Kier molecular flexibility index (Phi) is 4.85. The second-order valence-electron chi connectivity index (χ2n) is 4.24. The molecule has 100 valence electrons. The van der Waals surface area contributed by atoms with Gasteiger partial charge in [0.25, 0.3) is 0 Å². The number of hydrogen-bond donors (Lipinski definition) is 0. The fourth-order valence-electron chi connectivity index (χ4n) is 1.76. The molecule has 0 bridgehead atoms. The highest BCUT2D eigenvalue weighted by Crippen LogP contribution is 2.10. The third-order valence-electron chi connectivity index (χ3n) is 2.72. The van der Waals surface area contributed by atoms with Crippen molar-refractivity contribution < 1.29 is 0 Å². The Morgan fingerprint density at radius 1 is 0.850 bits per heavy atom. The largest absolute Gasteiger partial charge is 0.233 e. The van der Waals surface area contributed by atoms with E-state index in [4.69, 9.17) is 11.6 Å². The molecule has 0 heterocycles. The van der Waals surface area contributed by atoms with Gasteiger partial charge in [0, 0.05) is 11.3 Å². The molecule has 3 heteroatoms. The first kappa shape index (κ1) is 14.2. The van der Waals surface area contributed by atoms with Crippen molar-refractivity contribution in [2.24, 2.45) is 9.98 Å². The van der Waals surface area contributed by atoms with Crippen LogP contribution in [0.1, 0.15) is 18.1 Å². The molecule has 2 nitrogen and oxygen atoms in total. The van der Waals surface area contributed by atoms with Crippen LogP contribution >= 0.6 is 11.6 Å². The van der Waals surface area contributed by atoms with E-state index in [-0.39, 0.29) is 5.16 Å². The average Bonchev–Trinajstić information content (AvgIpc) is 2.48. The van der Waals surface area contributed by atoms with Gasteiger partial charge in [0.05, 0.1) is 0 Å².